The van der Waals surface area contributed by atoms with Gasteiger partial charge in [0.25, 0.3) is 0 Å². The Morgan fingerprint density at radius 1 is 1.53 bits per heavy atom. The van der Waals surface area contributed by atoms with Gasteiger partial charge in [0.05, 0.1) is 6.04 Å². The minimum absolute atomic E-state index is 0.144. The third-order valence-electron chi connectivity index (χ3n) is 4.21. The highest BCUT2D eigenvalue weighted by molar-refractivity contribution is 5.79. The Kier molecular flexibility index (Phi) is 4.40. The normalized spacial score (nSPS) is 29.7. The van der Waals surface area contributed by atoms with Gasteiger partial charge in [0.1, 0.15) is 0 Å². The van der Waals surface area contributed by atoms with E-state index in [0.717, 1.165) is 37.9 Å². The van der Waals surface area contributed by atoms with Crippen LogP contribution >= 0.6 is 0 Å². The number of fused-ring (bicyclic) bond motifs is 2. The molecular formula is C13H25N3O. The van der Waals surface area contributed by atoms with Crippen molar-refractivity contribution in [3.05, 3.63) is 0 Å². The summed E-state index contributed by atoms with van der Waals surface area (Å²) in [6.07, 6.45) is 6.04. The zero-order valence-electron chi connectivity index (χ0n) is 10.8. The van der Waals surface area contributed by atoms with Crippen LogP contribution in [0.25, 0.3) is 0 Å². The molecular weight excluding hydrogens is 214 g/mol. The maximum Gasteiger partial charge on any atom is 0.234 e. The van der Waals surface area contributed by atoms with Crippen LogP contribution in [0.1, 0.15) is 39.0 Å². The van der Waals surface area contributed by atoms with Crippen molar-refractivity contribution in [3.63, 3.8) is 0 Å². The summed E-state index contributed by atoms with van der Waals surface area (Å²) in [6.45, 7) is 5.24. The number of hydrogen-bond donors (Lipinski definition) is 2. The second-order valence-corrected chi connectivity index (χ2v) is 5.53. The summed E-state index contributed by atoms with van der Waals surface area (Å²) >= 11 is 0. The summed E-state index contributed by atoms with van der Waals surface area (Å²) in [7, 11) is 0. The largest absolute Gasteiger partial charge is 0.368 e. The Hall–Kier alpha value is -0.610. The van der Waals surface area contributed by atoms with Crippen LogP contribution < -0.4 is 11.1 Å². The molecule has 0 aromatic carbocycles. The quantitative estimate of drug-likeness (QED) is 0.688. The number of hydrogen-bond acceptors (Lipinski definition) is 3. The van der Waals surface area contributed by atoms with Crippen molar-refractivity contribution in [2.75, 3.05) is 19.6 Å². The molecule has 4 heteroatoms. The predicted octanol–water partition coefficient (Wildman–Crippen LogP) is 0.714. The Bertz CT molecular complexity index is 269. The van der Waals surface area contributed by atoms with Crippen molar-refractivity contribution in [1.82, 2.24) is 10.2 Å². The average Bonchev–Trinajstić information content (AvgIpc) is 2.90. The lowest BCUT2D eigenvalue weighted by Crippen LogP contribution is -2.44. The molecule has 1 heterocycles. The maximum absolute atomic E-state index is 11.3. The van der Waals surface area contributed by atoms with Crippen molar-refractivity contribution < 1.29 is 4.79 Å². The molecule has 1 saturated heterocycles. The Balaban J connectivity index is 1.73. The van der Waals surface area contributed by atoms with Crippen LogP contribution in [-0.2, 0) is 4.79 Å². The fourth-order valence-electron chi connectivity index (χ4n) is 3.26. The first-order valence-electron chi connectivity index (χ1n) is 6.97. The second-order valence-electron chi connectivity index (χ2n) is 5.53. The smallest absolute Gasteiger partial charge is 0.234 e. The number of amides is 1. The van der Waals surface area contributed by atoms with Gasteiger partial charge in [-0.15, -0.1) is 0 Å². The minimum atomic E-state index is -0.206. The molecule has 3 unspecified atom stereocenters. The number of rotatable bonds is 7. The number of nitrogens with one attached hydrogen (secondary N) is 1. The summed E-state index contributed by atoms with van der Waals surface area (Å²) in [5, 5.41) is 3.24. The third kappa shape index (κ3) is 3.19. The van der Waals surface area contributed by atoms with E-state index in [-0.39, 0.29) is 11.9 Å². The SMILES string of the molecule is CCCNC(CCN1CC2CCC1C2)C(N)=O. The molecule has 98 valence electrons. The van der Waals surface area contributed by atoms with Gasteiger partial charge in [-0.3, -0.25) is 4.79 Å². The molecule has 1 amide bonds. The van der Waals surface area contributed by atoms with Crippen molar-refractivity contribution in [2.45, 2.75) is 51.1 Å². The van der Waals surface area contributed by atoms with E-state index in [1.165, 1.54) is 25.8 Å². The molecule has 2 rings (SSSR count). The van der Waals surface area contributed by atoms with Gasteiger partial charge in [-0.2, -0.15) is 0 Å². The highest BCUT2D eigenvalue weighted by Gasteiger charge is 2.37. The lowest BCUT2D eigenvalue weighted by molar-refractivity contribution is -0.120. The summed E-state index contributed by atoms with van der Waals surface area (Å²) in [5.41, 5.74) is 5.42. The van der Waals surface area contributed by atoms with Gasteiger partial charge in [-0.1, -0.05) is 6.92 Å². The maximum atomic E-state index is 11.3. The fraction of sp³-hybridized carbons (Fsp3) is 0.923. The monoisotopic (exact) mass is 239 g/mol. The van der Waals surface area contributed by atoms with E-state index in [0.29, 0.717) is 0 Å². The first-order valence-corrected chi connectivity index (χ1v) is 6.97. The minimum Gasteiger partial charge on any atom is -0.368 e. The molecule has 17 heavy (non-hydrogen) atoms. The van der Waals surface area contributed by atoms with E-state index in [1.807, 2.05) is 0 Å². The molecule has 2 aliphatic rings. The molecule has 0 aromatic heterocycles. The first kappa shape index (κ1) is 12.8. The number of likely N-dealkylation sites (tertiary alicyclic amines) is 1. The van der Waals surface area contributed by atoms with Gasteiger partial charge < -0.3 is 16.0 Å². The van der Waals surface area contributed by atoms with Crippen molar-refractivity contribution in [3.8, 4) is 0 Å². The van der Waals surface area contributed by atoms with E-state index in [1.54, 1.807) is 0 Å². The topological polar surface area (TPSA) is 58.4 Å². The number of nitrogens with zero attached hydrogens (tertiary/aromatic N) is 1. The number of piperidine rings is 1. The highest BCUT2D eigenvalue weighted by Crippen LogP contribution is 2.37. The molecule has 3 N–H and O–H groups in total. The molecule has 0 aromatic rings. The first-order chi connectivity index (χ1) is 8.20. The van der Waals surface area contributed by atoms with E-state index >= 15 is 0 Å². The average molecular weight is 239 g/mol. The standard InChI is InChI=1S/C13H25N3O/c1-2-6-15-12(13(14)17)5-7-16-9-10-3-4-11(16)8-10/h10-12,15H,2-9H2,1H3,(H2,14,17). The lowest BCUT2D eigenvalue weighted by atomic mass is 10.1. The molecule has 1 saturated carbocycles. The van der Waals surface area contributed by atoms with Crippen molar-refractivity contribution >= 4 is 5.91 Å². The summed E-state index contributed by atoms with van der Waals surface area (Å²) in [5.74, 6) is 0.721. The summed E-state index contributed by atoms with van der Waals surface area (Å²) in [6, 6.07) is 0.647. The van der Waals surface area contributed by atoms with Crippen LogP contribution in [0.4, 0.5) is 0 Å². The van der Waals surface area contributed by atoms with Gasteiger partial charge in [0, 0.05) is 19.1 Å². The van der Waals surface area contributed by atoms with Crippen LogP contribution in [0.15, 0.2) is 0 Å². The second kappa shape index (κ2) is 5.83. The van der Waals surface area contributed by atoms with Gasteiger partial charge in [0.2, 0.25) is 5.91 Å². The Morgan fingerprint density at radius 3 is 2.88 bits per heavy atom. The summed E-state index contributed by atoms with van der Waals surface area (Å²) < 4.78 is 0. The van der Waals surface area contributed by atoms with Crippen molar-refractivity contribution in [2.24, 2.45) is 11.7 Å². The molecule has 4 nitrogen and oxygen atoms in total. The van der Waals surface area contributed by atoms with E-state index in [9.17, 15) is 4.79 Å². The van der Waals surface area contributed by atoms with Crippen molar-refractivity contribution in [1.29, 1.82) is 0 Å². The fourth-order valence-corrected chi connectivity index (χ4v) is 3.26. The zero-order chi connectivity index (χ0) is 12.3. The van der Waals surface area contributed by atoms with Crippen LogP contribution in [-0.4, -0.2) is 42.5 Å². The number of nitrogens with two attached hydrogens (primary N) is 1. The predicted molar refractivity (Wildman–Crippen MR) is 68.6 cm³/mol. The van der Waals surface area contributed by atoms with Crippen LogP contribution in [0, 0.1) is 5.92 Å². The van der Waals surface area contributed by atoms with Crippen LogP contribution in [0.5, 0.6) is 0 Å². The Labute approximate surface area is 104 Å². The van der Waals surface area contributed by atoms with Gasteiger partial charge in [-0.05, 0) is 44.6 Å². The number of carbonyl (C=O) groups is 1. The third-order valence-corrected chi connectivity index (χ3v) is 4.21. The van der Waals surface area contributed by atoms with Gasteiger partial charge in [-0.25, -0.2) is 0 Å². The van der Waals surface area contributed by atoms with E-state index < -0.39 is 0 Å². The zero-order valence-corrected chi connectivity index (χ0v) is 10.8. The van der Waals surface area contributed by atoms with Gasteiger partial charge in [0.15, 0.2) is 0 Å². The Morgan fingerprint density at radius 2 is 2.35 bits per heavy atom. The number of primary amides is 1. The molecule has 2 fully saturated rings. The van der Waals surface area contributed by atoms with E-state index in [4.69, 9.17) is 5.73 Å². The van der Waals surface area contributed by atoms with Crippen LogP contribution in [0.2, 0.25) is 0 Å². The number of carbonyl (C=O) groups excluding carboxylic acids is 1. The molecule has 1 aliphatic carbocycles. The van der Waals surface area contributed by atoms with Gasteiger partial charge >= 0.3 is 0 Å². The molecule has 3 atom stereocenters. The highest BCUT2D eigenvalue weighted by atomic mass is 16.1. The molecule has 0 radical (unpaired) electrons. The summed E-state index contributed by atoms with van der Waals surface area (Å²) in [4.78, 5) is 13.9. The molecule has 0 spiro atoms. The molecule has 2 bridgehead atoms. The van der Waals surface area contributed by atoms with Crippen LogP contribution in [0.3, 0.4) is 0 Å². The lowest BCUT2D eigenvalue weighted by Gasteiger charge is -2.28. The van der Waals surface area contributed by atoms with E-state index in [2.05, 4.69) is 17.1 Å². The molecule has 1 aliphatic heterocycles.